The second-order valence-corrected chi connectivity index (χ2v) is 6.58. The molecule has 2 heterocycles. The molecule has 18 heavy (non-hydrogen) atoms. The van der Waals surface area contributed by atoms with Crippen LogP contribution >= 0.6 is 23.1 Å². The molecule has 4 rings (SSSR count). The normalized spacial score (nSPS) is 25.4. The van der Waals surface area contributed by atoms with Gasteiger partial charge in [0.25, 0.3) is 0 Å². The summed E-state index contributed by atoms with van der Waals surface area (Å²) in [6.45, 7) is 0. The zero-order valence-corrected chi connectivity index (χ0v) is 11.4. The van der Waals surface area contributed by atoms with Gasteiger partial charge in [-0.2, -0.15) is 0 Å². The molecule has 0 nitrogen and oxygen atoms in total. The second kappa shape index (κ2) is 4.15. The number of rotatable bonds is 1. The van der Waals surface area contributed by atoms with Gasteiger partial charge in [-0.25, -0.2) is 0 Å². The molecule has 1 aromatic carbocycles. The Morgan fingerprint density at radius 1 is 1.00 bits per heavy atom. The molecular formula is C16H12S2. The van der Waals surface area contributed by atoms with Gasteiger partial charge in [-0.1, -0.05) is 42.5 Å². The molecule has 0 bridgehead atoms. The lowest BCUT2D eigenvalue weighted by Crippen LogP contribution is -2.11. The maximum absolute atomic E-state index is 2.35. The zero-order valence-electron chi connectivity index (χ0n) is 9.74. The van der Waals surface area contributed by atoms with Gasteiger partial charge in [-0.05, 0) is 33.4 Å². The molecule has 0 radical (unpaired) electrons. The number of thioether (sulfide) groups is 1. The van der Waals surface area contributed by atoms with Gasteiger partial charge in [0.1, 0.15) is 0 Å². The molecule has 0 saturated heterocycles. The lowest BCUT2D eigenvalue weighted by atomic mass is 9.88. The minimum atomic E-state index is 0.554. The van der Waals surface area contributed by atoms with E-state index in [0.29, 0.717) is 11.2 Å². The van der Waals surface area contributed by atoms with Gasteiger partial charge in [0.05, 0.1) is 0 Å². The topological polar surface area (TPSA) is 0 Å². The van der Waals surface area contributed by atoms with Crippen LogP contribution in [0.4, 0.5) is 0 Å². The molecule has 2 aromatic rings. The Labute approximate surface area is 115 Å². The summed E-state index contributed by atoms with van der Waals surface area (Å²) >= 11 is 3.79. The lowest BCUT2D eigenvalue weighted by molar-refractivity contribution is 0.878. The number of benzene rings is 1. The predicted molar refractivity (Wildman–Crippen MR) is 83.0 cm³/mol. The Morgan fingerprint density at radius 3 is 2.89 bits per heavy atom. The maximum atomic E-state index is 2.35. The minimum Gasteiger partial charge on any atom is -0.143 e. The van der Waals surface area contributed by atoms with Crippen molar-refractivity contribution in [3.05, 3.63) is 64.9 Å². The molecule has 1 aliphatic heterocycles. The van der Waals surface area contributed by atoms with Crippen LogP contribution in [-0.4, -0.2) is 5.25 Å². The van der Waals surface area contributed by atoms with E-state index in [9.17, 15) is 0 Å². The number of allylic oxidation sites excluding steroid dienone is 4. The Morgan fingerprint density at radius 2 is 1.89 bits per heavy atom. The third kappa shape index (κ3) is 1.53. The highest BCUT2D eigenvalue weighted by Gasteiger charge is 2.29. The fourth-order valence-electron chi connectivity index (χ4n) is 2.67. The summed E-state index contributed by atoms with van der Waals surface area (Å²) in [7, 11) is 0. The summed E-state index contributed by atoms with van der Waals surface area (Å²) in [5, 5.41) is 6.66. The average Bonchev–Trinajstić information content (AvgIpc) is 3.01. The fraction of sp³-hybridized carbons (Fsp3) is 0.125. The van der Waals surface area contributed by atoms with Gasteiger partial charge in [0.15, 0.2) is 0 Å². The van der Waals surface area contributed by atoms with Crippen LogP contribution < -0.4 is 0 Å². The van der Waals surface area contributed by atoms with E-state index in [1.807, 2.05) is 23.1 Å². The van der Waals surface area contributed by atoms with Crippen LogP contribution in [0, 0.1) is 5.92 Å². The van der Waals surface area contributed by atoms with Gasteiger partial charge >= 0.3 is 0 Å². The van der Waals surface area contributed by atoms with Crippen molar-refractivity contribution >= 4 is 38.8 Å². The smallest absolute Gasteiger partial charge is 0.0375 e. The molecule has 0 amide bonds. The third-order valence-electron chi connectivity index (χ3n) is 3.59. The first kappa shape index (κ1) is 10.7. The quantitative estimate of drug-likeness (QED) is 0.693. The standard InChI is InChI=1S/C16H12S2/c1-3-7-15-11(5-1)13(9-17-15)14-10-18-16-8-4-2-6-12(14)16/h1-11,15H. The van der Waals surface area contributed by atoms with Crippen molar-refractivity contribution in [2.24, 2.45) is 5.92 Å². The van der Waals surface area contributed by atoms with Crippen LogP contribution in [0.2, 0.25) is 0 Å². The summed E-state index contributed by atoms with van der Waals surface area (Å²) in [6, 6.07) is 8.70. The molecule has 0 spiro atoms. The molecule has 0 saturated carbocycles. The molecule has 1 aromatic heterocycles. The first-order valence-corrected chi connectivity index (χ1v) is 7.93. The first-order valence-electron chi connectivity index (χ1n) is 6.10. The second-order valence-electron chi connectivity index (χ2n) is 4.62. The van der Waals surface area contributed by atoms with E-state index < -0.39 is 0 Å². The molecule has 2 atom stereocenters. The van der Waals surface area contributed by atoms with Crippen LogP contribution in [0.15, 0.2) is 59.4 Å². The molecular weight excluding hydrogens is 256 g/mol. The molecule has 1 aliphatic carbocycles. The van der Waals surface area contributed by atoms with E-state index >= 15 is 0 Å². The largest absolute Gasteiger partial charge is 0.143 e. The van der Waals surface area contributed by atoms with E-state index in [1.54, 1.807) is 0 Å². The molecule has 2 aliphatic rings. The Balaban J connectivity index is 1.84. The van der Waals surface area contributed by atoms with Gasteiger partial charge in [0, 0.05) is 15.9 Å². The van der Waals surface area contributed by atoms with Gasteiger partial charge < -0.3 is 0 Å². The number of hydrogen-bond acceptors (Lipinski definition) is 2. The van der Waals surface area contributed by atoms with Crippen molar-refractivity contribution in [2.75, 3.05) is 0 Å². The van der Waals surface area contributed by atoms with Crippen molar-refractivity contribution in [3.63, 3.8) is 0 Å². The predicted octanol–water partition coefficient (Wildman–Crippen LogP) is 5.10. The van der Waals surface area contributed by atoms with Crippen molar-refractivity contribution in [2.45, 2.75) is 5.25 Å². The molecule has 0 fully saturated rings. The molecule has 0 N–H and O–H groups in total. The van der Waals surface area contributed by atoms with E-state index in [4.69, 9.17) is 0 Å². The van der Waals surface area contributed by atoms with Crippen LogP contribution in [0.25, 0.3) is 15.7 Å². The Bertz CT molecular complexity index is 688. The molecule has 2 heteroatoms. The van der Waals surface area contributed by atoms with Gasteiger partial charge in [0.2, 0.25) is 0 Å². The highest BCUT2D eigenvalue weighted by Crippen LogP contribution is 2.46. The van der Waals surface area contributed by atoms with Crippen LogP contribution in [-0.2, 0) is 0 Å². The van der Waals surface area contributed by atoms with E-state index in [0.717, 1.165) is 0 Å². The number of thiophene rings is 1. The number of hydrogen-bond donors (Lipinski definition) is 0. The van der Waals surface area contributed by atoms with Crippen LogP contribution in [0.3, 0.4) is 0 Å². The summed E-state index contributed by atoms with van der Waals surface area (Å²) in [4.78, 5) is 0. The molecule has 88 valence electrons. The average molecular weight is 268 g/mol. The Hall–Kier alpha value is -1.25. The SMILES string of the molecule is C1=CC2SC=C(c3csc4ccccc34)C2C=C1. The van der Waals surface area contributed by atoms with Crippen molar-refractivity contribution in [3.8, 4) is 0 Å². The summed E-state index contributed by atoms with van der Waals surface area (Å²) in [5.74, 6) is 0.554. The van der Waals surface area contributed by atoms with Crippen molar-refractivity contribution in [1.29, 1.82) is 0 Å². The summed E-state index contributed by atoms with van der Waals surface area (Å²) in [5.41, 5.74) is 2.92. The molecule has 2 unspecified atom stereocenters. The maximum Gasteiger partial charge on any atom is 0.0375 e. The first-order chi connectivity index (χ1) is 8.93. The number of fused-ring (bicyclic) bond motifs is 2. The van der Waals surface area contributed by atoms with E-state index in [2.05, 4.69) is 59.4 Å². The lowest BCUT2D eigenvalue weighted by Gasteiger charge is -2.18. The van der Waals surface area contributed by atoms with Crippen LogP contribution in [0.5, 0.6) is 0 Å². The van der Waals surface area contributed by atoms with E-state index in [-0.39, 0.29) is 0 Å². The highest BCUT2D eigenvalue weighted by atomic mass is 32.2. The van der Waals surface area contributed by atoms with Crippen LogP contribution in [0.1, 0.15) is 5.56 Å². The van der Waals surface area contributed by atoms with Gasteiger partial charge in [-0.15, -0.1) is 23.1 Å². The monoisotopic (exact) mass is 268 g/mol. The van der Waals surface area contributed by atoms with Gasteiger partial charge in [-0.3, -0.25) is 0 Å². The van der Waals surface area contributed by atoms with Crippen molar-refractivity contribution in [1.82, 2.24) is 0 Å². The van der Waals surface area contributed by atoms with E-state index in [1.165, 1.54) is 21.2 Å². The zero-order chi connectivity index (χ0) is 11.9. The fourth-order valence-corrected chi connectivity index (χ4v) is 4.82. The minimum absolute atomic E-state index is 0.554. The summed E-state index contributed by atoms with van der Waals surface area (Å²) < 4.78 is 1.39. The summed E-state index contributed by atoms with van der Waals surface area (Å²) in [6.07, 6.45) is 8.99. The van der Waals surface area contributed by atoms with Crippen molar-refractivity contribution < 1.29 is 0 Å². The highest BCUT2D eigenvalue weighted by molar-refractivity contribution is 8.03. The third-order valence-corrected chi connectivity index (χ3v) is 5.71. The Kier molecular flexibility index (Phi) is 2.45.